The normalized spacial score (nSPS) is 16.2. The van der Waals surface area contributed by atoms with Crippen molar-refractivity contribution in [3.63, 3.8) is 0 Å². The molecular formula is C18H19BrFN3O3S. The van der Waals surface area contributed by atoms with Gasteiger partial charge in [-0.25, -0.2) is 12.8 Å². The van der Waals surface area contributed by atoms with E-state index in [4.69, 9.17) is 0 Å². The van der Waals surface area contributed by atoms with Crippen molar-refractivity contribution in [3.8, 4) is 0 Å². The Hall–Kier alpha value is -1.81. The minimum Gasteiger partial charge on any atom is -0.325 e. The molecule has 0 unspecified atom stereocenters. The number of halogens is 2. The van der Waals surface area contributed by atoms with E-state index in [1.807, 2.05) is 4.90 Å². The lowest BCUT2D eigenvalue weighted by Crippen LogP contribution is -2.50. The van der Waals surface area contributed by atoms with Gasteiger partial charge < -0.3 is 5.32 Å². The molecule has 144 valence electrons. The van der Waals surface area contributed by atoms with Crippen LogP contribution in [0.2, 0.25) is 0 Å². The largest absolute Gasteiger partial charge is 0.325 e. The second kappa shape index (κ2) is 8.47. The van der Waals surface area contributed by atoms with E-state index >= 15 is 0 Å². The van der Waals surface area contributed by atoms with Crippen LogP contribution in [0.4, 0.5) is 10.1 Å². The number of hydrogen-bond acceptors (Lipinski definition) is 4. The molecule has 9 heteroatoms. The van der Waals surface area contributed by atoms with E-state index in [1.165, 1.54) is 28.6 Å². The van der Waals surface area contributed by atoms with E-state index in [-0.39, 0.29) is 23.2 Å². The van der Waals surface area contributed by atoms with Crippen LogP contribution in [0.15, 0.2) is 57.9 Å². The van der Waals surface area contributed by atoms with Gasteiger partial charge in [-0.15, -0.1) is 0 Å². The Kier molecular flexibility index (Phi) is 6.25. The van der Waals surface area contributed by atoms with Gasteiger partial charge in [0.25, 0.3) is 0 Å². The van der Waals surface area contributed by atoms with Crippen molar-refractivity contribution in [1.82, 2.24) is 9.21 Å². The van der Waals surface area contributed by atoms with Crippen molar-refractivity contribution in [2.24, 2.45) is 0 Å². The molecule has 0 aliphatic carbocycles. The van der Waals surface area contributed by atoms with E-state index in [9.17, 15) is 17.6 Å². The fourth-order valence-corrected chi connectivity index (χ4v) is 4.86. The highest BCUT2D eigenvalue weighted by Gasteiger charge is 2.29. The first-order valence-corrected chi connectivity index (χ1v) is 10.6. The van der Waals surface area contributed by atoms with Crippen LogP contribution in [0.5, 0.6) is 0 Å². The van der Waals surface area contributed by atoms with Gasteiger partial charge in [-0.2, -0.15) is 4.31 Å². The zero-order valence-corrected chi connectivity index (χ0v) is 16.8. The van der Waals surface area contributed by atoms with Crippen LogP contribution in [-0.4, -0.2) is 56.3 Å². The first kappa shape index (κ1) is 19.9. The number of anilines is 1. The minimum absolute atomic E-state index is 0.155. The fourth-order valence-electron chi connectivity index (χ4n) is 2.84. The van der Waals surface area contributed by atoms with E-state index in [0.29, 0.717) is 36.3 Å². The van der Waals surface area contributed by atoms with Gasteiger partial charge in [-0.3, -0.25) is 9.69 Å². The van der Waals surface area contributed by atoms with Gasteiger partial charge in [0, 0.05) is 36.3 Å². The van der Waals surface area contributed by atoms with Gasteiger partial charge >= 0.3 is 0 Å². The standard InChI is InChI=1S/C18H19BrFN3O3S/c19-14-2-1-3-17(12-14)27(25,26)23-10-8-22(9-11-23)13-18(24)21-16-6-4-15(20)5-7-16/h1-7,12H,8-11,13H2,(H,21,24). The maximum absolute atomic E-state index is 12.9. The summed E-state index contributed by atoms with van der Waals surface area (Å²) in [4.78, 5) is 14.3. The van der Waals surface area contributed by atoms with Crippen LogP contribution < -0.4 is 5.32 Å². The average Bonchev–Trinajstić information content (AvgIpc) is 2.64. The van der Waals surface area contributed by atoms with Crippen molar-refractivity contribution in [2.45, 2.75) is 4.90 Å². The molecule has 1 aliphatic rings. The van der Waals surface area contributed by atoms with E-state index in [0.717, 1.165) is 0 Å². The first-order valence-electron chi connectivity index (χ1n) is 8.38. The summed E-state index contributed by atoms with van der Waals surface area (Å²) >= 11 is 3.29. The number of nitrogens with zero attached hydrogens (tertiary/aromatic N) is 2. The lowest BCUT2D eigenvalue weighted by atomic mass is 10.3. The Morgan fingerprint density at radius 2 is 1.74 bits per heavy atom. The summed E-state index contributed by atoms with van der Waals surface area (Å²) in [6, 6.07) is 12.2. The summed E-state index contributed by atoms with van der Waals surface area (Å²) in [6.07, 6.45) is 0. The number of benzene rings is 2. The zero-order chi connectivity index (χ0) is 19.4. The second-order valence-electron chi connectivity index (χ2n) is 6.19. The number of hydrogen-bond donors (Lipinski definition) is 1. The summed E-state index contributed by atoms with van der Waals surface area (Å²) in [5, 5.41) is 2.71. The summed E-state index contributed by atoms with van der Waals surface area (Å²) in [5.74, 6) is -0.583. The van der Waals surface area contributed by atoms with E-state index in [1.54, 1.807) is 24.3 Å². The number of amides is 1. The number of sulfonamides is 1. The Labute approximate surface area is 166 Å². The van der Waals surface area contributed by atoms with Crippen molar-refractivity contribution >= 4 is 37.5 Å². The van der Waals surface area contributed by atoms with Gasteiger partial charge in [0.1, 0.15) is 5.82 Å². The van der Waals surface area contributed by atoms with Crippen LogP contribution >= 0.6 is 15.9 Å². The first-order chi connectivity index (χ1) is 12.8. The predicted octanol–water partition coefficient (Wildman–Crippen LogP) is 2.53. The van der Waals surface area contributed by atoms with Crippen molar-refractivity contribution in [3.05, 3.63) is 58.8 Å². The molecule has 0 atom stereocenters. The summed E-state index contributed by atoms with van der Waals surface area (Å²) in [7, 11) is -3.55. The third kappa shape index (κ3) is 5.13. The molecule has 0 spiro atoms. The molecule has 0 bridgehead atoms. The van der Waals surface area contributed by atoms with E-state index in [2.05, 4.69) is 21.2 Å². The lowest BCUT2D eigenvalue weighted by Gasteiger charge is -2.33. The molecule has 0 aromatic heterocycles. The number of carbonyl (C=O) groups excluding carboxylic acids is 1. The Morgan fingerprint density at radius 1 is 1.07 bits per heavy atom. The highest BCUT2D eigenvalue weighted by molar-refractivity contribution is 9.10. The molecule has 0 saturated carbocycles. The molecule has 2 aromatic rings. The molecule has 1 amide bonds. The predicted molar refractivity (Wildman–Crippen MR) is 104 cm³/mol. The molecule has 2 aromatic carbocycles. The molecule has 1 fully saturated rings. The second-order valence-corrected chi connectivity index (χ2v) is 9.05. The SMILES string of the molecule is O=C(CN1CCN(S(=O)(=O)c2cccc(Br)c2)CC1)Nc1ccc(F)cc1. The third-order valence-corrected chi connectivity index (χ3v) is 6.65. The van der Waals surface area contributed by atoms with Crippen LogP contribution in [0, 0.1) is 5.82 Å². The number of piperazine rings is 1. The van der Waals surface area contributed by atoms with Gasteiger partial charge in [0.2, 0.25) is 15.9 Å². The Morgan fingerprint density at radius 3 is 2.37 bits per heavy atom. The number of rotatable bonds is 5. The summed E-state index contributed by atoms with van der Waals surface area (Å²) < 4.78 is 40.5. The highest BCUT2D eigenvalue weighted by Crippen LogP contribution is 2.21. The molecule has 1 N–H and O–H groups in total. The van der Waals surface area contributed by atoms with Gasteiger partial charge in [0.15, 0.2) is 0 Å². The molecule has 1 saturated heterocycles. The summed E-state index contributed by atoms with van der Waals surface area (Å²) in [6.45, 7) is 1.72. The smallest absolute Gasteiger partial charge is 0.243 e. The lowest BCUT2D eigenvalue weighted by molar-refractivity contribution is -0.117. The molecule has 0 radical (unpaired) electrons. The maximum Gasteiger partial charge on any atom is 0.243 e. The quantitative estimate of drug-likeness (QED) is 0.751. The van der Waals surface area contributed by atoms with E-state index < -0.39 is 10.0 Å². The average molecular weight is 456 g/mol. The van der Waals surface area contributed by atoms with Gasteiger partial charge in [-0.1, -0.05) is 22.0 Å². The molecular weight excluding hydrogens is 437 g/mol. The number of carbonyl (C=O) groups is 1. The topological polar surface area (TPSA) is 69.7 Å². The van der Waals surface area contributed by atoms with Gasteiger partial charge in [0.05, 0.1) is 11.4 Å². The van der Waals surface area contributed by atoms with Crippen LogP contribution in [0.3, 0.4) is 0 Å². The minimum atomic E-state index is -3.55. The Bertz CT molecular complexity index is 914. The Balaban J connectivity index is 1.54. The number of nitrogens with one attached hydrogen (secondary N) is 1. The monoisotopic (exact) mass is 455 g/mol. The van der Waals surface area contributed by atoms with Crippen LogP contribution in [0.1, 0.15) is 0 Å². The third-order valence-electron chi connectivity index (χ3n) is 4.26. The zero-order valence-electron chi connectivity index (χ0n) is 14.4. The molecule has 6 nitrogen and oxygen atoms in total. The van der Waals surface area contributed by atoms with Crippen LogP contribution in [0.25, 0.3) is 0 Å². The van der Waals surface area contributed by atoms with Crippen molar-refractivity contribution in [1.29, 1.82) is 0 Å². The van der Waals surface area contributed by atoms with Gasteiger partial charge in [-0.05, 0) is 42.5 Å². The molecule has 1 aliphatic heterocycles. The fraction of sp³-hybridized carbons (Fsp3) is 0.278. The molecule has 27 heavy (non-hydrogen) atoms. The molecule has 1 heterocycles. The van der Waals surface area contributed by atoms with Crippen molar-refractivity contribution < 1.29 is 17.6 Å². The molecule has 3 rings (SSSR count). The van der Waals surface area contributed by atoms with Crippen molar-refractivity contribution in [2.75, 3.05) is 38.0 Å². The maximum atomic E-state index is 12.9. The summed E-state index contributed by atoms with van der Waals surface area (Å²) in [5.41, 5.74) is 0.525. The highest BCUT2D eigenvalue weighted by atomic mass is 79.9. The van der Waals surface area contributed by atoms with Crippen LogP contribution in [-0.2, 0) is 14.8 Å².